The van der Waals surface area contributed by atoms with Crippen LogP contribution < -0.4 is 4.74 Å². The summed E-state index contributed by atoms with van der Waals surface area (Å²) in [5.41, 5.74) is 2.65. The van der Waals surface area contributed by atoms with Crippen molar-refractivity contribution in [2.45, 2.75) is 54.2 Å². The lowest BCUT2D eigenvalue weighted by Gasteiger charge is -2.39. The maximum atomic E-state index is 10.3. The highest BCUT2D eigenvalue weighted by atomic mass is 32.2. The number of pyridine rings is 1. The fraction of sp³-hybridized carbons (Fsp3) is 0.476. The van der Waals surface area contributed by atoms with Gasteiger partial charge >= 0.3 is 0 Å². The topological polar surface area (TPSA) is 103 Å². The van der Waals surface area contributed by atoms with E-state index in [2.05, 4.69) is 29.2 Å². The number of aliphatic hydroxyl groups is 4. The quantitative estimate of drug-likeness (QED) is 0.579. The molecule has 0 spiro atoms. The Morgan fingerprint density at radius 2 is 1.75 bits per heavy atom. The lowest BCUT2D eigenvalue weighted by molar-refractivity contribution is -0.0910. The second-order valence-electron chi connectivity index (χ2n) is 7.49. The van der Waals surface area contributed by atoms with E-state index in [1.54, 1.807) is 12.4 Å². The Bertz CT molecular complexity index is 796. The summed E-state index contributed by atoms with van der Waals surface area (Å²) in [6.45, 7) is -0.317. The van der Waals surface area contributed by atoms with Crippen molar-refractivity contribution >= 4 is 11.8 Å². The van der Waals surface area contributed by atoms with Gasteiger partial charge in [-0.3, -0.25) is 4.98 Å². The lowest BCUT2D eigenvalue weighted by Crippen LogP contribution is -2.55. The number of nitrogens with zero attached hydrogens (tertiary/aromatic N) is 1. The van der Waals surface area contributed by atoms with E-state index in [0.29, 0.717) is 12.2 Å². The van der Waals surface area contributed by atoms with Crippen LogP contribution in [0.1, 0.15) is 35.4 Å². The van der Waals surface area contributed by atoms with Crippen molar-refractivity contribution in [3.8, 4) is 5.75 Å². The van der Waals surface area contributed by atoms with Crippen LogP contribution in [0.25, 0.3) is 0 Å². The Kier molecular flexibility index (Phi) is 5.89. The van der Waals surface area contributed by atoms with Crippen molar-refractivity contribution in [3.63, 3.8) is 0 Å². The third-order valence-corrected chi connectivity index (χ3v) is 6.81. The van der Waals surface area contributed by atoms with Crippen molar-refractivity contribution in [2.24, 2.45) is 0 Å². The van der Waals surface area contributed by atoms with Crippen LogP contribution in [0, 0.1) is 0 Å². The summed E-state index contributed by atoms with van der Waals surface area (Å²) in [4.78, 5) is 4.12. The molecule has 4 N–H and O–H groups in total. The molecule has 0 unspecified atom stereocenters. The molecule has 1 aliphatic carbocycles. The maximum Gasteiger partial charge on any atom is 0.173 e. The highest BCUT2D eigenvalue weighted by molar-refractivity contribution is 8.00. The van der Waals surface area contributed by atoms with E-state index in [4.69, 9.17) is 4.74 Å². The fourth-order valence-corrected chi connectivity index (χ4v) is 4.73. The van der Waals surface area contributed by atoms with Gasteiger partial charge in [-0.25, -0.2) is 0 Å². The second-order valence-corrected chi connectivity index (χ2v) is 8.83. The standard InChI is InChI=1S/C21H25NO5S/c23-11-17-18(24)19(25)20(26)21(28-17)27-16-10-22-8-7-15(16)9-12-1-3-13(4-2-12)14-5-6-14/h1-4,7-8,10,14,17-21,23-26H,5-6,9,11H2/t17-,18-,19+,20-,21-/m1/s1. The van der Waals surface area contributed by atoms with Gasteiger partial charge in [-0.05, 0) is 36.0 Å². The minimum atomic E-state index is -1.38. The molecule has 1 aliphatic heterocycles. The van der Waals surface area contributed by atoms with Crippen LogP contribution in [0.3, 0.4) is 0 Å². The second kappa shape index (κ2) is 8.39. The number of aliphatic hydroxyl groups excluding tert-OH is 4. The summed E-state index contributed by atoms with van der Waals surface area (Å²) < 4.78 is 5.96. The largest absolute Gasteiger partial charge is 0.475 e. The molecule has 1 aromatic carbocycles. The third kappa shape index (κ3) is 4.18. The van der Waals surface area contributed by atoms with Gasteiger partial charge in [0.05, 0.1) is 24.2 Å². The Labute approximate surface area is 168 Å². The van der Waals surface area contributed by atoms with E-state index in [-0.39, 0.29) is 6.61 Å². The number of hydrogen-bond donors (Lipinski definition) is 4. The summed E-state index contributed by atoms with van der Waals surface area (Å²) in [7, 11) is 0. The molecule has 0 bridgehead atoms. The first-order valence-corrected chi connectivity index (χ1v) is 10.5. The molecule has 1 aromatic heterocycles. The molecular weight excluding hydrogens is 378 g/mol. The average Bonchev–Trinajstić information content (AvgIpc) is 3.56. The van der Waals surface area contributed by atoms with Crippen molar-refractivity contribution < 1.29 is 25.2 Å². The molecule has 150 valence electrons. The Balaban J connectivity index is 1.49. The summed E-state index contributed by atoms with van der Waals surface area (Å²) in [5.74, 6) is 1.24. The minimum absolute atomic E-state index is 0.317. The minimum Gasteiger partial charge on any atom is -0.475 e. The Morgan fingerprint density at radius 3 is 2.43 bits per heavy atom. The SMILES string of the molecule is OC[C@H]1S[C@@H](Oc2cnccc2Cc2ccc(C3CC3)cc2)[C@H](O)[C@@H](O)[C@@H]1O. The van der Waals surface area contributed by atoms with Crippen LogP contribution in [0.2, 0.25) is 0 Å². The number of benzene rings is 1. The van der Waals surface area contributed by atoms with Gasteiger partial charge in [0.1, 0.15) is 18.0 Å². The molecule has 2 aromatic rings. The smallest absolute Gasteiger partial charge is 0.173 e. The fourth-order valence-electron chi connectivity index (χ4n) is 3.50. The molecule has 4 rings (SSSR count). The van der Waals surface area contributed by atoms with Crippen molar-refractivity contribution in [1.29, 1.82) is 0 Å². The number of hydrogen-bond acceptors (Lipinski definition) is 7. The van der Waals surface area contributed by atoms with Crippen LogP contribution in [0.15, 0.2) is 42.7 Å². The van der Waals surface area contributed by atoms with E-state index in [1.165, 1.54) is 18.4 Å². The molecular formula is C21H25NO5S. The Morgan fingerprint density at radius 1 is 1.00 bits per heavy atom. The molecule has 2 heterocycles. The summed E-state index contributed by atoms with van der Waals surface area (Å²) >= 11 is 1.11. The van der Waals surface area contributed by atoms with E-state index >= 15 is 0 Å². The van der Waals surface area contributed by atoms with Crippen LogP contribution >= 0.6 is 11.8 Å². The number of rotatable bonds is 6. The van der Waals surface area contributed by atoms with Gasteiger partial charge < -0.3 is 25.2 Å². The predicted molar refractivity (Wildman–Crippen MR) is 106 cm³/mol. The van der Waals surface area contributed by atoms with E-state index < -0.39 is 29.0 Å². The van der Waals surface area contributed by atoms with Crippen molar-refractivity contribution in [1.82, 2.24) is 4.98 Å². The highest BCUT2D eigenvalue weighted by Gasteiger charge is 2.44. The van der Waals surface area contributed by atoms with E-state index in [9.17, 15) is 20.4 Å². The number of thioether (sulfide) groups is 1. The van der Waals surface area contributed by atoms with Gasteiger partial charge in [-0.2, -0.15) is 0 Å². The Hall–Kier alpha value is -1.64. The predicted octanol–water partition coefficient (Wildman–Crippen LogP) is 1.45. The first kappa shape index (κ1) is 19.7. The molecule has 0 radical (unpaired) electrons. The first-order valence-electron chi connectivity index (χ1n) is 9.55. The van der Waals surface area contributed by atoms with Crippen LogP contribution in [-0.2, 0) is 6.42 Å². The van der Waals surface area contributed by atoms with Gasteiger partial charge in [0.25, 0.3) is 0 Å². The van der Waals surface area contributed by atoms with Crippen LogP contribution in [0.4, 0.5) is 0 Å². The monoisotopic (exact) mass is 403 g/mol. The third-order valence-electron chi connectivity index (χ3n) is 5.38. The number of aromatic nitrogens is 1. The molecule has 7 heteroatoms. The maximum absolute atomic E-state index is 10.3. The molecule has 2 fully saturated rings. The van der Waals surface area contributed by atoms with Gasteiger partial charge in [-0.1, -0.05) is 24.3 Å². The molecule has 1 saturated heterocycles. The van der Waals surface area contributed by atoms with Crippen molar-refractivity contribution in [2.75, 3.05) is 6.61 Å². The molecule has 2 aliphatic rings. The van der Waals surface area contributed by atoms with Gasteiger partial charge in [0, 0.05) is 18.2 Å². The zero-order chi connectivity index (χ0) is 19.7. The zero-order valence-corrected chi connectivity index (χ0v) is 16.2. The molecule has 0 amide bonds. The van der Waals surface area contributed by atoms with E-state index in [1.807, 2.05) is 6.07 Å². The summed E-state index contributed by atoms with van der Waals surface area (Å²) in [6.07, 6.45) is 2.64. The molecule has 5 atom stereocenters. The van der Waals surface area contributed by atoms with E-state index in [0.717, 1.165) is 28.8 Å². The van der Waals surface area contributed by atoms with Crippen molar-refractivity contribution in [3.05, 3.63) is 59.4 Å². The normalized spacial score (nSPS) is 30.2. The highest BCUT2D eigenvalue weighted by Crippen LogP contribution is 2.40. The van der Waals surface area contributed by atoms with Crippen LogP contribution in [-0.4, -0.2) is 61.0 Å². The lowest BCUT2D eigenvalue weighted by atomic mass is 10.0. The summed E-state index contributed by atoms with van der Waals surface area (Å²) in [5, 5.41) is 39.1. The molecule has 28 heavy (non-hydrogen) atoms. The zero-order valence-electron chi connectivity index (χ0n) is 15.4. The molecule has 1 saturated carbocycles. The van der Waals surface area contributed by atoms with Gasteiger partial charge in [-0.15, -0.1) is 11.8 Å². The van der Waals surface area contributed by atoms with Gasteiger partial charge in [0.2, 0.25) is 0 Å². The number of ether oxygens (including phenoxy) is 1. The molecule has 6 nitrogen and oxygen atoms in total. The summed E-state index contributed by atoms with van der Waals surface area (Å²) in [6, 6.07) is 10.5. The average molecular weight is 404 g/mol. The first-order chi connectivity index (χ1) is 13.6. The van der Waals surface area contributed by atoms with Crippen LogP contribution in [0.5, 0.6) is 5.75 Å². The van der Waals surface area contributed by atoms with Gasteiger partial charge in [0.15, 0.2) is 5.44 Å².